The maximum atomic E-state index is 14.4. The molecule has 0 aliphatic heterocycles. The van der Waals surface area contributed by atoms with Crippen LogP contribution in [0.1, 0.15) is 30.2 Å². The maximum absolute atomic E-state index is 14.4. The second-order valence-electron chi connectivity index (χ2n) is 5.33. The van der Waals surface area contributed by atoms with Crippen LogP contribution in [-0.4, -0.2) is 41.4 Å². The molecule has 1 N–H and O–H groups in total. The topological polar surface area (TPSA) is 94.8 Å². The van der Waals surface area contributed by atoms with E-state index in [-0.39, 0.29) is 13.2 Å². The van der Waals surface area contributed by atoms with Crippen LogP contribution in [0.15, 0.2) is 17.1 Å². The summed E-state index contributed by atoms with van der Waals surface area (Å²) in [5, 5.41) is 8.85. The number of aromatic nitrogens is 1. The van der Waals surface area contributed by atoms with Crippen molar-refractivity contribution in [2.75, 3.05) is 19.8 Å². The Kier molecular flexibility index (Phi) is 6.21. The third-order valence-corrected chi connectivity index (χ3v) is 3.71. The van der Waals surface area contributed by atoms with Gasteiger partial charge in [-0.05, 0) is 19.9 Å². The van der Waals surface area contributed by atoms with E-state index in [2.05, 4.69) is 0 Å². The van der Waals surface area contributed by atoms with Gasteiger partial charge in [-0.1, -0.05) is 0 Å². The van der Waals surface area contributed by atoms with Crippen molar-refractivity contribution in [3.05, 3.63) is 45.5 Å². The van der Waals surface area contributed by atoms with Crippen LogP contribution in [0.2, 0.25) is 0 Å². The zero-order chi connectivity index (χ0) is 20.3. The summed E-state index contributed by atoms with van der Waals surface area (Å²) in [5.74, 6) is -7.41. The molecule has 0 aliphatic rings. The number of halogens is 3. The molecule has 1 atom stereocenters. The predicted molar refractivity (Wildman–Crippen MR) is 86.8 cm³/mol. The first kappa shape index (κ1) is 20.4. The van der Waals surface area contributed by atoms with E-state index in [0.29, 0.717) is 10.6 Å². The number of pyridine rings is 1. The average molecular weight is 387 g/mol. The summed E-state index contributed by atoms with van der Waals surface area (Å²) in [6.07, 6.45) is 0.751. The largest absolute Gasteiger partial charge is 0.464 e. The number of nitrogens with zero attached hydrogens (tertiary/aromatic N) is 1. The van der Waals surface area contributed by atoms with Gasteiger partial charge >= 0.3 is 11.9 Å². The van der Waals surface area contributed by atoms with E-state index >= 15 is 0 Å². The van der Waals surface area contributed by atoms with Gasteiger partial charge in [0.2, 0.25) is 5.43 Å². The highest BCUT2D eigenvalue weighted by Gasteiger charge is 2.29. The number of carbonyl (C=O) groups excluding carboxylic acids is 2. The number of fused-ring (bicyclic) bond motifs is 1. The van der Waals surface area contributed by atoms with Crippen LogP contribution in [0.25, 0.3) is 10.9 Å². The first-order valence-corrected chi connectivity index (χ1v) is 7.95. The molecule has 2 rings (SSSR count). The van der Waals surface area contributed by atoms with Crippen LogP contribution in [0.5, 0.6) is 0 Å². The second-order valence-corrected chi connectivity index (χ2v) is 5.33. The zero-order valence-electron chi connectivity index (χ0n) is 14.4. The van der Waals surface area contributed by atoms with Gasteiger partial charge in [-0.15, -0.1) is 0 Å². The molecule has 1 heterocycles. The number of hydrogen-bond donors (Lipinski definition) is 1. The Hall–Kier alpha value is -2.88. The van der Waals surface area contributed by atoms with Crippen molar-refractivity contribution in [3.63, 3.8) is 0 Å². The molecule has 2 aromatic rings. The predicted octanol–water partition coefficient (Wildman–Crippen LogP) is 1.69. The summed E-state index contributed by atoms with van der Waals surface area (Å²) >= 11 is 0. The molecular weight excluding hydrogens is 371 g/mol. The molecule has 0 spiro atoms. The van der Waals surface area contributed by atoms with E-state index in [1.165, 1.54) is 13.8 Å². The van der Waals surface area contributed by atoms with Crippen LogP contribution >= 0.6 is 0 Å². The van der Waals surface area contributed by atoms with Crippen LogP contribution in [-0.2, 0) is 14.3 Å². The number of ether oxygens (including phenoxy) is 2. The molecule has 146 valence electrons. The highest BCUT2D eigenvalue weighted by molar-refractivity contribution is 5.94. The van der Waals surface area contributed by atoms with Crippen molar-refractivity contribution in [3.8, 4) is 0 Å². The minimum Gasteiger partial charge on any atom is -0.464 e. The lowest BCUT2D eigenvalue weighted by molar-refractivity contribution is -0.148. The first-order chi connectivity index (χ1) is 12.8. The Morgan fingerprint density at radius 3 is 2.33 bits per heavy atom. The van der Waals surface area contributed by atoms with E-state index in [1.54, 1.807) is 0 Å². The van der Waals surface area contributed by atoms with Crippen molar-refractivity contribution in [1.82, 2.24) is 4.57 Å². The fraction of sp³-hybridized carbons (Fsp3) is 0.353. The molecule has 0 saturated heterocycles. The lowest BCUT2D eigenvalue weighted by atomic mass is 10.1. The standard InChI is InChI=1S/C17H16F3NO6/c1-3-26-16(24)9-6-21(11(7-22)17(25)27-4-2)14-8(15(9)23)5-10(18)12(19)13(14)20/h5-6,11,22H,3-4,7H2,1-2H3. The second kappa shape index (κ2) is 8.21. The molecule has 27 heavy (non-hydrogen) atoms. The molecular formula is C17H16F3NO6. The van der Waals surface area contributed by atoms with E-state index in [4.69, 9.17) is 9.47 Å². The molecule has 0 amide bonds. The molecule has 7 nitrogen and oxygen atoms in total. The minimum absolute atomic E-state index is 0.0797. The molecule has 0 saturated carbocycles. The normalized spacial score (nSPS) is 12.1. The summed E-state index contributed by atoms with van der Waals surface area (Å²) in [6.45, 7) is 1.86. The molecule has 1 aromatic heterocycles. The molecule has 0 bridgehead atoms. The Labute approximate surface area is 150 Å². The lowest BCUT2D eigenvalue weighted by Gasteiger charge is -2.20. The number of benzene rings is 1. The van der Waals surface area contributed by atoms with E-state index < -0.39 is 63.9 Å². The summed E-state index contributed by atoms with van der Waals surface area (Å²) in [4.78, 5) is 36.6. The van der Waals surface area contributed by atoms with Gasteiger partial charge in [0.25, 0.3) is 0 Å². The Balaban J connectivity index is 2.93. The summed E-state index contributed by atoms with van der Waals surface area (Å²) in [5.41, 5.74) is -2.55. The highest BCUT2D eigenvalue weighted by atomic mass is 19.2. The van der Waals surface area contributed by atoms with Crippen molar-refractivity contribution in [2.45, 2.75) is 19.9 Å². The molecule has 1 unspecified atom stereocenters. The number of esters is 2. The number of hydrogen-bond acceptors (Lipinski definition) is 6. The summed E-state index contributed by atoms with van der Waals surface area (Å²) < 4.78 is 51.9. The molecule has 10 heteroatoms. The van der Waals surface area contributed by atoms with Gasteiger partial charge in [0.05, 0.1) is 30.7 Å². The van der Waals surface area contributed by atoms with Gasteiger partial charge in [-0.2, -0.15) is 0 Å². The monoisotopic (exact) mass is 387 g/mol. The van der Waals surface area contributed by atoms with E-state index in [9.17, 15) is 32.7 Å². The third kappa shape index (κ3) is 3.65. The molecule has 1 aromatic carbocycles. The maximum Gasteiger partial charge on any atom is 0.343 e. The van der Waals surface area contributed by atoms with Gasteiger partial charge in [0.1, 0.15) is 5.56 Å². The van der Waals surface area contributed by atoms with Crippen LogP contribution < -0.4 is 5.43 Å². The zero-order valence-corrected chi connectivity index (χ0v) is 14.4. The van der Waals surface area contributed by atoms with Gasteiger partial charge in [-0.25, -0.2) is 22.8 Å². The fourth-order valence-electron chi connectivity index (χ4n) is 2.53. The minimum atomic E-state index is -1.87. The van der Waals surface area contributed by atoms with Crippen molar-refractivity contribution < 1.29 is 37.3 Å². The van der Waals surface area contributed by atoms with Gasteiger partial charge < -0.3 is 19.1 Å². The van der Waals surface area contributed by atoms with Crippen LogP contribution in [0.4, 0.5) is 13.2 Å². The SMILES string of the molecule is CCOC(=O)c1cn(C(CO)C(=O)OCC)c2c(F)c(F)c(F)cc2c1=O. The lowest BCUT2D eigenvalue weighted by Crippen LogP contribution is -2.30. The average Bonchev–Trinajstić information content (AvgIpc) is 2.62. The summed E-state index contributed by atoms with van der Waals surface area (Å²) in [6, 6.07) is -1.20. The highest BCUT2D eigenvalue weighted by Crippen LogP contribution is 2.25. The van der Waals surface area contributed by atoms with Gasteiger partial charge in [0.15, 0.2) is 23.5 Å². The number of aliphatic hydroxyl groups is 1. The number of rotatable bonds is 6. The molecule has 0 aliphatic carbocycles. The van der Waals surface area contributed by atoms with E-state index in [1.807, 2.05) is 0 Å². The van der Waals surface area contributed by atoms with Crippen molar-refractivity contribution in [1.29, 1.82) is 0 Å². The summed E-state index contributed by atoms with van der Waals surface area (Å²) in [7, 11) is 0. The molecule has 0 fully saturated rings. The molecule has 0 radical (unpaired) electrons. The number of aliphatic hydroxyl groups excluding tert-OH is 1. The van der Waals surface area contributed by atoms with Gasteiger partial charge in [-0.3, -0.25) is 4.79 Å². The first-order valence-electron chi connectivity index (χ1n) is 7.95. The Bertz CT molecular complexity index is 956. The number of carbonyl (C=O) groups is 2. The van der Waals surface area contributed by atoms with Crippen molar-refractivity contribution >= 4 is 22.8 Å². The quantitative estimate of drug-likeness (QED) is 0.599. The Morgan fingerprint density at radius 2 is 1.78 bits per heavy atom. The van der Waals surface area contributed by atoms with Crippen molar-refractivity contribution in [2.24, 2.45) is 0 Å². The fourth-order valence-corrected chi connectivity index (χ4v) is 2.53. The smallest absolute Gasteiger partial charge is 0.343 e. The van der Waals surface area contributed by atoms with Gasteiger partial charge in [0, 0.05) is 6.20 Å². The Morgan fingerprint density at radius 1 is 1.15 bits per heavy atom. The van der Waals surface area contributed by atoms with Crippen LogP contribution in [0.3, 0.4) is 0 Å². The third-order valence-electron chi connectivity index (χ3n) is 3.71. The van der Waals surface area contributed by atoms with E-state index in [0.717, 1.165) is 6.20 Å². The van der Waals surface area contributed by atoms with Crippen LogP contribution in [0, 0.1) is 17.5 Å².